The molecular formula is C19H22N6. The van der Waals surface area contributed by atoms with Crippen molar-refractivity contribution in [1.29, 1.82) is 0 Å². The van der Waals surface area contributed by atoms with Crippen molar-refractivity contribution < 1.29 is 0 Å². The molecule has 1 aliphatic rings. The molecule has 6 nitrogen and oxygen atoms in total. The minimum absolute atomic E-state index is 0.597. The fraction of sp³-hybridized carbons (Fsp3) is 0.263. The number of anilines is 3. The molecule has 0 aliphatic carbocycles. The van der Waals surface area contributed by atoms with Crippen molar-refractivity contribution in [3.63, 3.8) is 0 Å². The summed E-state index contributed by atoms with van der Waals surface area (Å²) in [5.74, 6) is 1.36. The van der Waals surface area contributed by atoms with Crippen LogP contribution >= 0.6 is 0 Å². The smallest absolute Gasteiger partial charge is 0.248 e. The highest BCUT2D eigenvalue weighted by molar-refractivity contribution is 5.58. The minimum Gasteiger partial charge on any atom is -0.350 e. The molecule has 0 radical (unpaired) electrons. The summed E-state index contributed by atoms with van der Waals surface area (Å²) in [5.41, 5.74) is 4.62. The highest BCUT2D eigenvalue weighted by atomic mass is 15.4. The molecule has 3 aromatic rings. The molecule has 0 atom stereocenters. The van der Waals surface area contributed by atoms with Gasteiger partial charge in [-0.05, 0) is 49.8 Å². The second-order valence-electron chi connectivity index (χ2n) is 6.53. The van der Waals surface area contributed by atoms with E-state index in [9.17, 15) is 0 Å². The van der Waals surface area contributed by atoms with E-state index in [1.54, 1.807) is 0 Å². The Morgan fingerprint density at radius 3 is 2.72 bits per heavy atom. The number of nitrogens with zero attached hydrogens (tertiary/aromatic N) is 4. The number of rotatable bonds is 5. The number of para-hydroxylation sites is 1. The van der Waals surface area contributed by atoms with Gasteiger partial charge in [0.2, 0.25) is 11.9 Å². The highest BCUT2D eigenvalue weighted by Gasteiger charge is 2.18. The van der Waals surface area contributed by atoms with Crippen LogP contribution in [0, 0.1) is 0 Å². The van der Waals surface area contributed by atoms with E-state index >= 15 is 0 Å². The van der Waals surface area contributed by atoms with E-state index in [0.717, 1.165) is 36.8 Å². The summed E-state index contributed by atoms with van der Waals surface area (Å²) in [6, 6.07) is 16.7. The Kier molecular flexibility index (Phi) is 4.11. The molecule has 1 aliphatic heterocycles. The molecule has 0 saturated carbocycles. The molecule has 2 heterocycles. The van der Waals surface area contributed by atoms with Crippen molar-refractivity contribution in [3.8, 4) is 5.69 Å². The molecule has 128 valence electrons. The van der Waals surface area contributed by atoms with E-state index in [0.29, 0.717) is 5.95 Å². The Labute approximate surface area is 147 Å². The molecule has 4 rings (SSSR count). The second kappa shape index (κ2) is 6.57. The molecule has 0 amide bonds. The SMILES string of the molecule is CN(C)CCc1ccc(Nc2nc3n(n2)-c2ccccc2CN3)cc1. The Morgan fingerprint density at radius 2 is 1.92 bits per heavy atom. The van der Waals surface area contributed by atoms with E-state index in [-0.39, 0.29) is 0 Å². The van der Waals surface area contributed by atoms with Gasteiger partial charge in [-0.2, -0.15) is 9.67 Å². The summed E-state index contributed by atoms with van der Waals surface area (Å²) < 4.78 is 1.85. The van der Waals surface area contributed by atoms with Gasteiger partial charge in [-0.15, -0.1) is 5.10 Å². The molecule has 2 N–H and O–H groups in total. The van der Waals surface area contributed by atoms with Crippen molar-refractivity contribution in [2.24, 2.45) is 0 Å². The van der Waals surface area contributed by atoms with E-state index in [4.69, 9.17) is 0 Å². The van der Waals surface area contributed by atoms with Gasteiger partial charge >= 0.3 is 0 Å². The van der Waals surface area contributed by atoms with Crippen LogP contribution in [0.25, 0.3) is 5.69 Å². The third-order valence-corrected chi connectivity index (χ3v) is 4.32. The lowest BCUT2D eigenvalue weighted by Crippen LogP contribution is -2.15. The summed E-state index contributed by atoms with van der Waals surface area (Å²) in [7, 11) is 4.18. The van der Waals surface area contributed by atoms with E-state index in [1.807, 2.05) is 16.8 Å². The van der Waals surface area contributed by atoms with Crippen LogP contribution in [0.5, 0.6) is 0 Å². The van der Waals surface area contributed by atoms with Crippen LogP contribution in [0.15, 0.2) is 48.5 Å². The fourth-order valence-corrected chi connectivity index (χ4v) is 2.93. The summed E-state index contributed by atoms with van der Waals surface area (Å²) in [5, 5.41) is 11.2. The average Bonchev–Trinajstić information content (AvgIpc) is 3.04. The molecule has 0 spiro atoms. The predicted octanol–water partition coefficient (Wildman–Crippen LogP) is 3.04. The summed E-state index contributed by atoms with van der Waals surface area (Å²) in [6.45, 7) is 1.82. The fourth-order valence-electron chi connectivity index (χ4n) is 2.93. The Bertz CT molecular complexity index is 866. The van der Waals surface area contributed by atoms with Crippen LogP contribution in [0.4, 0.5) is 17.6 Å². The quantitative estimate of drug-likeness (QED) is 0.751. The number of hydrogen-bond donors (Lipinski definition) is 2. The van der Waals surface area contributed by atoms with Gasteiger partial charge in [0.05, 0.1) is 5.69 Å². The minimum atomic E-state index is 0.597. The first-order chi connectivity index (χ1) is 12.2. The van der Waals surface area contributed by atoms with E-state index in [1.165, 1.54) is 11.1 Å². The molecule has 0 unspecified atom stereocenters. The highest BCUT2D eigenvalue weighted by Crippen LogP contribution is 2.26. The van der Waals surface area contributed by atoms with Crippen molar-refractivity contribution in [2.75, 3.05) is 31.3 Å². The van der Waals surface area contributed by atoms with Crippen molar-refractivity contribution in [3.05, 3.63) is 59.7 Å². The Morgan fingerprint density at radius 1 is 1.12 bits per heavy atom. The van der Waals surface area contributed by atoms with Gasteiger partial charge in [0.15, 0.2) is 0 Å². The van der Waals surface area contributed by atoms with Gasteiger partial charge in [-0.3, -0.25) is 0 Å². The van der Waals surface area contributed by atoms with Crippen molar-refractivity contribution in [1.82, 2.24) is 19.7 Å². The van der Waals surface area contributed by atoms with Crippen LogP contribution in [-0.4, -0.2) is 40.3 Å². The molecule has 2 aromatic carbocycles. The van der Waals surface area contributed by atoms with Crippen molar-refractivity contribution >= 4 is 17.6 Å². The summed E-state index contributed by atoms with van der Waals surface area (Å²) >= 11 is 0. The van der Waals surface area contributed by atoms with Gasteiger partial charge in [0, 0.05) is 18.8 Å². The van der Waals surface area contributed by atoms with Crippen LogP contribution in [0.1, 0.15) is 11.1 Å². The third-order valence-electron chi connectivity index (χ3n) is 4.32. The topological polar surface area (TPSA) is 58.0 Å². The molecule has 0 fully saturated rings. The number of aromatic nitrogens is 3. The van der Waals surface area contributed by atoms with E-state index in [2.05, 4.69) is 76.1 Å². The molecule has 6 heteroatoms. The molecule has 0 saturated heterocycles. The Hall–Kier alpha value is -2.86. The standard InChI is InChI=1S/C19H22N6/c1-24(2)12-11-14-7-9-16(10-8-14)21-18-22-19-20-13-15-5-3-4-6-17(15)25(19)23-18/h3-10H,11-13H2,1-2H3,(H2,20,21,22,23). The largest absolute Gasteiger partial charge is 0.350 e. The maximum atomic E-state index is 4.59. The molecule has 0 bridgehead atoms. The number of benzene rings is 2. The van der Waals surface area contributed by atoms with Gasteiger partial charge in [-0.1, -0.05) is 30.3 Å². The molecular weight excluding hydrogens is 312 g/mol. The maximum Gasteiger partial charge on any atom is 0.248 e. The number of likely N-dealkylation sites (N-methyl/N-ethyl adjacent to an activating group) is 1. The van der Waals surface area contributed by atoms with Crippen LogP contribution < -0.4 is 10.6 Å². The van der Waals surface area contributed by atoms with Crippen molar-refractivity contribution in [2.45, 2.75) is 13.0 Å². The average molecular weight is 334 g/mol. The zero-order chi connectivity index (χ0) is 17.2. The van der Waals surface area contributed by atoms with Gasteiger partial charge in [0.1, 0.15) is 0 Å². The normalized spacial score (nSPS) is 12.4. The number of nitrogens with one attached hydrogen (secondary N) is 2. The summed E-state index contributed by atoms with van der Waals surface area (Å²) in [4.78, 5) is 6.74. The predicted molar refractivity (Wildman–Crippen MR) is 101 cm³/mol. The lowest BCUT2D eigenvalue weighted by Gasteiger charge is -2.17. The number of hydrogen-bond acceptors (Lipinski definition) is 5. The Balaban J connectivity index is 1.50. The monoisotopic (exact) mass is 334 g/mol. The van der Waals surface area contributed by atoms with Crippen LogP contribution in [0.2, 0.25) is 0 Å². The van der Waals surface area contributed by atoms with Gasteiger partial charge < -0.3 is 15.5 Å². The molecule has 1 aromatic heterocycles. The first kappa shape index (κ1) is 15.7. The summed E-state index contributed by atoms with van der Waals surface area (Å²) in [6.07, 6.45) is 1.05. The third kappa shape index (κ3) is 3.34. The van der Waals surface area contributed by atoms with Crippen LogP contribution in [-0.2, 0) is 13.0 Å². The lowest BCUT2D eigenvalue weighted by atomic mass is 10.1. The zero-order valence-electron chi connectivity index (χ0n) is 14.5. The first-order valence-electron chi connectivity index (χ1n) is 8.49. The van der Waals surface area contributed by atoms with Gasteiger partial charge in [0.25, 0.3) is 0 Å². The van der Waals surface area contributed by atoms with Gasteiger partial charge in [-0.25, -0.2) is 0 Å². The zero-order valence-corrected chi connectivity index (χ0v) is 14.5. The maximum absolute atomic E-state index is 4.59. The second-order valence-corrected chi connectivity index (χ2v) is 6.53. The van der Waals surface area contributed by atoms with Crippen LogP contribution in [0.3, 0.4) is 0 Å². The first-order valence-corrected chi connectivity index (χ1v) is 8.49. The molecule has 25 heavy (non-hydrogen) atoms. The number of fused-ring (bicyclic) bond motifs is 3. The van der Waals surface area contributed by atoms with E-state index < -0.39 is 0 Å². The lowest BCUT2D eigenvalue weighted by molar-refractivity contribution is 0.413.